The molecule has 1 aliphatic heterocycles. The zero-order valence-corrected chi connectivity index (χ0v) is 13.8. The fourth-order valence-electron chi connectivity index (χ4n) is 3.48. The molecule has 0 N–H and O–H groups in total. The lowest BCUT2D eigenvalue weighted by molar-refractivity contribution is 0.217. The number of aromatic nitrogens is 4. The van der Waals surface area contributed by atoms with Gasteiger partial charge in [-0.15, -0.1) is 0 Å². The molecule has 1 unspecified atom stereocenters. The van der Waals surface area contributed by atoms with Crippen LogP contribution in [0.25, 0.3) is 5.65 Å². The van der Waals surface area contributed by atoms with Crippen LogP contribution in [0.3, 0.4) is 0 Å². The summed E-state index contributed by atoms with van der Waals surface area (Å²) < 4.78 is 3.60. The highest BCUT2D eigenvalue weighted by Crippen LogP contribution is 2.20. The van der Waals surface area contributed by atoms with Crippen molar-refractivity contribution in [3.05, 3.63) is 64.5 Å². The number of aryl methyl sites for hydroxylation is 1. The first-order valence-corrected chi connectivity index (χ1v) is 8.39. The Morgan fingerprint density at radius 3 is 3.08 bits per heavy atom. The van der Waals surface area contributed by atoms with Crippen LogP contribution in [0.1, 0.15) is 24.1 Å². The fraction of sp³-hybridized carbons (Fsp3) is 0.389. The molecule has 0 spiro atoms. The van der Waals surface area contributed by atoms with Gasteiger partial charge in [0.1, 0.15) is 5.65 Å². The summed E-state index contributed by atoms with van der Waals surface area (Å²) in [6, 6.07) is 7.96. The van der Waals surface area contributed by atoms with E-state index in [2.05, 4.69) is 15.0 Å². The normalized spacial score (nSPS) is 18.5. The topological polar surface area (TPSA) is 55.4 Å². The third kappa shape index (κ3) is 2.97. The maximum atomic E-state index is 12.4. The molecule has 0 aliphatic carbocycles. The Morgan fingerprint density at radius 1 is 1.33 bits per heavy atom. The van der Waals surface area contributed by atoms with E-state index in [0.717, 1.165) is 30.8 Å². The van der Waals surface area contributed by atoms with Crippen LogP contribution in [0.5, 0.6) is 0 Å². The van der Waals surface area contributed by atoms with Crippen molar-refractivity contribution >= 4 is 5.65 Å². The summed E-state index contributed by atoms with van der Waals surface area (Å²) in [6.45, 7) is 4.62. The molecular weight excluding hydrogens is 302 g/mol. The van der Waals surface area contributed by atoms with Crippen LogP contribution in [0.15, 0.2) is 47.7 Å². The molecule has 0 saturated carbocycles. The van der Waals surface area contributed by atoms with Crippen LogP contribution < -0.4 is 5.56 Å². The van der Waals surface area contributed by atoms with E-state index in [-0.39, 0.29) is 5.56 Å². The average Bonchev–Trinajstić information content (AvgIpc) is 3.21. The van der Waals surface area contributed by atoms with E-state index >= 15 is 0 Å². The van der Waals surface area contributed by atoms with E-state index in [1.165, 1.54) is 6.42 Å². The number of hydrogen-bond donors (Lipinski definition) is 0. The molecule has 4 heterocycles. The Kier molecular flexibility index (Phi) is 3.90. The van der Waals surface area contributed by atoms with E-state index < -0.39 is 0 Å². The minimum atomic E-state index is -0.0125. The second-order valence-electron chi connectivity index (χ2n) is 6.51. The van der Waals surface area contributed by atoms with Gasteiger partial charge in [-0.1, -0.05) is 6.07 Å². The van der Waals surface area contributed by atoms with E-state index in [4.69, 9.17) is 0 Å². The van der Waals surface area contributed by atoms with Crippen molar-refractivity contribution in [2.75, 3.05) is 6.54 Å². The predicted octanol–water partition coefficient (Wildman–Crippen LogP) is 1.86. The molecule has 3 aromatic heterocycles. The molecule has 1 fully saturated rings. The van der Waals surface area contributed by atoms with Crippen LogP contribution >= 0.6 is 0 Å². The molecule has 1 aliphatic rings. The standard InChI is InChI=1S/C18H21N5O/c1-14-5-6-17-20-15(10-18(24)23(17)11-14)12-21-8-2-4-16(21)13-22-9-3-7-19-22/h3,5-7,9-11,16H,2,4,8,12-13H2,1H3. The highest BCUT2D eigenvalue weighted by Gasteiger charge is 2.25. The minimum Gasteiger partial charge on any atom is -0.293 e. The van der Waals surface area contributed by atoms with Crippen molar-refractivity contribution in [3.63, 3.8) is 0 Å². The lowest BCUT2D eigenvalue weighted by Crippen LogP contribution is -2.33. The summed E-state index contributed by atoms with van der Waals surface area (Å²) in [5.41, 5.74) is 2.60. The van der Waals surface area contributed by atoms with E-state index in [9.17, 15) is 4.79 Å². The lowest BCUT2D eigenvalue weighted by atomic mass is 10.2. The third-order valence-corrected chi connectivity index (χ3v) is 4.68. The summed E-state index contributed by atoms with van der Waals surface area (Å²) >= 11 is 0. The lowest BCUT2D eigenvalue weighted by Gasteiger charge is -2.24. The zero-order valence-electron chi connectivity index (χ0n) is 13.8. The van der Waals surface area contributed by atoms with Gasteiger partial charge in [-0.05, 0) is 44.0 Å². The van der Waals surface area contributed by atoms with Gasteiger partial charge in [-0.2, -0.15) is 5.10 Å². The molecule has 1 saturated heterocycles. The molecule has 3 aromatic rings. The molecule has 6 nitrogen and oxygen atoms in total. The Hall–Kier alpha value is -2.47. The highest BCUT2D eigenvalue weighted by atomic mass is 16.1. The first-order valence-electron chi connectivity index (χ1n) is 8.39. The Bertz CT molecular complexity index is 899. The number of pyridine rings is 1. The van der Waals surface area contributed by atoms with Gasteiger partial charge in [-0.3, -0.25) is 18.8 Å². The quantitative estimate of drug-likeness (QED) is 0.735. The van der Waals surface area contributed by atoms with Gasteiger partial charge in [0.15, 0.2) is 0 Å². The Morgan fingerprint density at radius 2 is 2.25 bits per heavy atom. The van der Waals surface area contributed by atoms with E-state index in [0.29, 0.717) is 18.2 Å². The number of likely N-dealkylation sites (tertiary alicyclic amines) is 1. The second-order valence-corrected chi connectivity index (χ2v) is 6.51. The predicted molar refractivity (Wildman–Crippen MR) is 91.9 cm³/mol. The summed E-state index contributed by atoms with van der Waals surface area (Å²) in [7, 11) is 0. The SMILES string of the molecule is Cc1ccc2nc(CN3CCCC3Cn3cccn3)cc(=O)n2c1. The molecule has 1 atom stereocenters. The van der Waals surface area contributed by atoms with Crippen LogP contribution in [0, 0.1) is 6.92 Å². The van der Waals surface area contributed by atoms with Crippen molar-refractivity contribution in [3.8, 4) is 0 Å². The largest absolute Gasteiger partial charge is 0.293 e. The van der Waals surface area contributed by atoms with Gasteiger partial charge >= 0.3 is 0 Å². The number of nitrogens with zero attached hydrogens (tertiary/aromatic N) is 5. The van der Waals surface area contributed by atoms with Gasteiger partial charge in [0.2, 0.25) is 0 Å². The molecule has 0 radical (unpaired) electrons. The molecule has 24 heavy (non-hydrogen) atoms. The molecule has 4 rings (SSSR count). The zero-order chi connectivity index (χ0) is 16.5. The van der Waals surface area contributed by atoms with Crippen LogP contribution in [0.2, 0.25) is 0 Å². The minimum absolute atomic E-state index is 0.0125. The van der Waals surface area contributed by atoms with Crippen LogP contribution in [-0.4, -0.2) is 36.7 Å². The third-order valence-electron chi connectivity index (χ3n) is 4.68. The second kappa shape index (κ2) is 6.20. The van der Waals surface area contributed by atoms with Crippen molar-refractivity contribution in [1.29, 1.82) is 0 Å². The smallest absolute Gasteiger partial charge is 0.258 e. The average molecular weight is 323 g/mol. The summed E-state index contributed by atoms with van der Waals surface area (Å²) in [6.07, 6.45) is 7.99. The van der Waals surface area contributed by atoms with Gasteiger partial charge in [0.05, 0.1) is 12.2 Å². The number of hydrogen-bond acceptors (Lipinski definition) is 4. The van der Waals surface area contributed by atoms with Gasteiger partial charge in [0, 0.05) is 37.2 Å². The Labute approximate surface area is 140 Å². The van der Waals surface area contributed by atoms with E-state index in [1.807, 2.05) is 48.4 Å². The van der Waals surface area contributed by atoms with Crippen molar-refractivity contribution < 1.29 is 0 Å². The maximum Gasteiger partial charge on any atom is 0.258 e. The number of rotatable bonds is 4. The molecule has 0 amide bonds. The summed E-state index contributed by atoms with van der Waals surface area (Å²) in [4.78, 5) is 19.4. The first kappa shape index (κ1) is 15.1. The van der Waals surface area contributed by atoms with Crippen molar-refractivity contribution in [2.45, 2.75) is 38.9 Å². The van der Waals surface area contributed by atoms with Gasteiger partial charge in [0.25, 0.3) is 5.56 Å². The van der Waals surface area contributed by atoms with Gasteiger partial charge in [-0.25, -0.2) is 4.98 Å². The Balaban J connectivity index is 1.57. The van der Waals surface area contributed by atoms with Gasteiger partial charge < -0.3 is 0 Å². The van der Waals surface area contributed by atoms with Crippen molar-refractivity contribution in [2.24, 2.45) is 0 Å². The highest BCUT2D eigenvalue weighted by molar-refractivity contribution is 5.39. The fourth-order valence-corrected chi connectivity index (χ4v) is 3.48. The van der Waals surface area contributed by atoms with E-state index in [1.54, 1.807) is 10.5 Å². The molecule has 0 bridgehead atoms. The summed E-state index contributed by atoms with van der Waals surface area (Å²) in [5.74, 6) is 0. The van der Waals surface area contributed by atoms with Crippen LogP contribution in [0.4, 0.5) is 0 Å². The van der Waals surface area contributed by atoms with Crippen LogP contribution in [-0.2, 0) is 13.1 Å². The van der Waals surface area contributed by atoms with Crippen molar-refractivity contribution in [1.82, 2.24) is 24.1 Å². The number of fused-ring (bicyclic) bond motifs is 1. The molecule has 6 heteroatoms. The maximum absolute atomic E-state index is 12.4. The summed E-state index contributed by atoms with van der Waals surface area (Å²) in [5, 5.41) is 4.31. The molecule has 124 valence electrons. The monoisotopic (exact) mass is 323 g/mol. The molecular formula is C18H21N5O. The molecule has 0 aromatic carbocycles. The first-order chi connectivity index (χ1) is 11.7.